The zero-order valence-electron chi connectivity index (χ0n) is 17.0. The van der Waals surface area contributed by atoms with Crippen LogP contribution in [0, 0.1) is 0 Å². The summed E-state index contributed by atoms with van der Waals surface area (Å²) in [5.41, 5.74) is 1.74. The summed E-state index contributed by atoms with van der Waals surface area (Å²) in [4.78, 5) is 12.3. The number of phenolic OH excluding ortho intramolecular Hbond substituents is 1. The molecule has 1 unspecified atom stereocenters. The Balaban J connectivity index is 1.98. The summed E-state index contributed by atoms with van der Waals surface area (Å²) >= 11 is 0. The molecule has 0 aliphatic carbocycles. The maximum Gasteiger partial charge on any atom is 0.220 e. The quantitative estimate of drug-likeness (QED) is 0.584. The van der Waals surface area contributed by atoms with Crippen molar-refractivity contribution in [2.75, 3.05) is 13.2 Å². The first kappa shape index (κ1) is 21.6. The number of benzene rings is 2. The van der Waals surface area contributed by atoms with E-state index in [1.165, 1.54) is 0 Å². The van der Waals surface area contributed by atoms with E-state index in [2.05, 4.69) is 19.2 Å². The number of hydrogen-bond donors (Lipinski definition) is 2. The van der Waals surface area contributed by atoms with Gasteiger partial charge in [0, 0.05) is 6.42 Å². The maximum absolute atomic E-state index is 12.3. The van der Waals surface area contributed by atoms with Crippen LogP contribution in [0.25, 0.3) is 0 Å². The molecule has 5 nitrogen and oxygen atoms in total. The molecule has 0 aromatic heterocycles. The van der Waals surface area contributed by atoms with E-state index >= 15 is 0 Å². The molecule has 2 aromatic rings. The summed E-state index contributed by atoms with van der Waals surface area (Å²) in [5, 5.41) is 12.8. The van der Waals surface area contributed by atoms with E-state index in [0.29, 0.717) is 31.8 Å². The first-order valence-corrected chi connectivity index (χ1v) is 10.0. The second-order valence-electron chi connectivity index (χ2n) is 6.82. The van der Waals surface area contributed by atoms with Gasteiger partial charge in [-0.2, -0.15) is 0 Å². The molecular weight excluding hydrogens is 354 g/mol. The average molecular weight is 386 g/mol. The lowest BCUT2D eigenvalue weighted by molar-refractivity contribution is -0.121. The number of nitrogens with one attached hydrogen (secondary N) is 1. The smallest absolute Gasteiger partial charge is 0.220 e. The second-order valence-corrected chi connectivity index (χ2v) is 6.82. The Labute approximate surface area is 167 Å². The number of hydrogen-bond acceptors (Lipinski definition) is 4. The van der Waals surface area contributed by atoms with Gasteiger partial charge in [0.25, 0.3) is 0 Å². The molecule has 2 rings (SSSR count). The van der Waals surface area contributed by atoms with E-state index in [-0.39, 0.29) is 17.7 Å². The number of phenols is 1. The van der Waals surface area contributed by atoms with Gasteiger partial charge < -0.3 is 19.9 Å². The number of para-hydroxylation sites is 1. The van der Waals surface area contributed by atoms with Gasteiger partial charge in [-0.25, -0.2) is 0 Å². The monoisotopic (exact) mass is 385 g/mol. The van der Waals surface area contributed by atoms with Crippen molar-refractivity contribution in [3.8, 4) is 17.2 Å². The molecular formula is C23H31NO4. The fraction of sp³-hybridized carbons (Fsp3) is 0.435. The molecule has 2 N–H and O–H groups in total. The number of carbonyl (C=O) groups excluding carboxylic acids is 1. The summed E-state index contributed by atoms with van der Waals surface area (Å²) in [6.07, 6.45) is 2.66. The first-order valence-electron chi connectivity index (χ1n) is 10.0. The fourth-order valence-electron chi connectivity index (χ4n) is 2.82. The van der Waals surface area contributed by atoms with Crippen molar-refractivity contribution < 1.29 is 19.4 Å². The molecule has 0 aliphatic heterocycles. The van der Waals surface area contributed by atoms with E-state index in [0.717, 1.165) is 29.7 Å². The topological polar surface area (TPSA) is 67.8 Å². The molecule has 28 heavy (non-hydrogen) atoms. The standard InChI is InChI=1S/C23H31NO4/c1-4-14-27-21-12-10-19(16-22(21)28-15-5-2)17(3)24-23(26)13-11-18-8-6-7-9-20(18)25/h6-10,12,16-17,25H,4-5,11,13-15H2,1-3H3,(H,24,26). The molecule has 1 atom stereocenters. The Hall–Kier alpha value is -2.69. The van der Waals surface area contributed by atoms with Crippen LogP contribution in [-0.4, -0.2) is 24.2 Å². The van der Waals surface area contributed by atoms with Gasteiger partial charge in [0.05, 0.1) is 19.3 Å². The normalized spacial score (nSPS) is 11.7. The second kappa shape index (κ2) is 11.2. The molecule has 0 heterocycles. The van der Waals surface area contributed by atoms with E-state index in [1.807, 2.05) is 37.3 Å². The van der Waals surface area contributed by atoms with E-state index in [1.54, 1.807) is 12.1 Å². The van der Waals surface area contributed by atoms with Crippen LogP contribution in [0.5, 0.6) is 17.2 Å². The molecule has 0 saturated heterocycles. The lowest BCUT2D eigenvalue weighted by atomic mass is 10.1. The molecule has 1 amide bonds. The van der Waals surface area contributed by atoms with E-state index < -0.39 is 0 Å². The van der Waals surface area contributed by atoms with Crippen molar-refractivity contribution in [2.45, 2.75) is 52.5 Å². The van der Waals surface area contributed by atoms with Crippen LogP contribution in [0.15, 0.2) is 42.5 Å². The van der Waals surface area contributed by atoms with Crippen LogP contribution in [-0.2, 0) is 11.2 Å². The number of rotatable bonds is 11. The van der Waals surface area contributed by atoms with E-state index in [4.69, 9.17) is 9.47 Å². The fourth-order valence-corrected chi connectivity index (χ4v) is 2.82. The SMILES string of the molecule is CCCOc1ccc(C(C)NC(=O)CCc2ccccc2O)cc1OCCC. The third-order valence-corrected chi connectivity index (χ3v) is 4.38. The zero-order valence-corrected chi connectivity index (χ0v) is 17.0. The van der Waals surface area contributed by atoms with Crippen molar-refractivity contribution in [1.29, 1.82) is 0 Å². The van der Waals surface area contributed by atoms with Gasteiger partial charge in [-0.1, -0.05) is 38.1 Å². The number of aryl methyl sites for hydroxylation is 1. The minimum absolute atomic E-state index is 0.0573. The third kappa shape index (κ3) is 6.48. The van der Waals surface area contributed by atoms with Crippen molar-refractivity contribution >= 4 is 5.91 Å². The molecule has 152 valence electrons. The molecule has 0 saturated carbocycles. The Morgan fingerprint density at radius 2 is 1.71 bits per heavy atom. The minimum Gasteiger partial charge on any atom is -0.508 e. The predicted octanol–water partition coefficient (Wildman–Crippen LogP) is 4.78. The highest BCUT2D eigenvalue weighted by atomic mass is 16.5. The molecule has 5 heteroatoms. The largest absolute Gasteiger partial charge is 0.508 e. The highest BCUT2D eigenvalue weighted by Crippen LogP contribution is 2.31. The van der Waals surface area contributed by atoms with Gasteiger partial charge >= 0.3 is 0 Å². The van der Waals surface area contributed by atoms with Crippen molar-refractivity contribution in [3.05, 3.63) is 53.6 Å². The highest BCUT2D eigenvalue weighted by molar-refractivity contribution is 5.76. The summed E-state index contributed by atoms with van der Waals surface area (Å²) in [5.74, 6) is 1.61. The van der Waals surface area contributed by atoms with Gasteiger partial charge in [-0.3, -0.25) is 4.79 Å². The van der Waals surface area contributed by atoms with Crippen LogP contribution in [0.2, 0.25) is 0 Å². The lowest BCUT2D eigenvalue weighted by Crippen LogP contribution is -2.26. The van der Waals surface area contributed by atoms with Gasteiger partial charge in [-0.15, -0.1) is 0 Å². The van der Waals surface area contributed by atoms with Crippen LogP contribution in [0.4, 0.5) is 0 Å². The van der Waals surface area contributed by atoms with Crippen LogP contribution >= 0.6 is 0 Å². The highest BCUT2D eigenvalue weighted by Gasteiger charge is 2.14. The predicted molar refractivity (Wildman–Crippen MR) is 111 cm³/mol. The van der Waals surface area contributed by atoms with Crippen molar-refractivity contribution in [1.82, 2.24) is 5.32 Å². The Morgan fingerprint density at radius 1 is 1.04 bits per heavy atom. The Morgan fingerprint density at radius 3 is 2.39 bits per heavy atom. The van der Waals surface area contributed by atoms with Crippen LogP contribution < -0.4 is 14.8 Å². The summed E-state index contributed by atoms with van der Waals surface area (Å²) in [7, 11) is 0. The van der Waals surface area contributed by atoms with Crippen molar-refractivity contribution in [2.24, 2.45) is 0 Å². The summed E-state index contributed by atoms with van der Waals surface area (Å²) < 4.78 is 11.6. The maximum atomic E-state index is 12.3. The Kier molecular flexibility index (Phi) is 8.66. The molecule has 0 radical (unpaired) electrons. The van der Waals surface area contributed by atoms with Gasteiger partial charge in [0.15, 0.2) is 11.5 Å². The van der Waals surface area contributed by atoms with E-state index in [9.17, 15) is 9.90 Å². The molecule has 0 aliphatic rings. The average Bonchev–Trinajstić information content (AvgIpc) is 2.70. The Bertz CT molecular complexity index is 760. The third-order valence-electron chi connectivity index (χ3n) is 4.38. The van der Waals surface area contributed by atoms with Crippen molar-refractivity contribution in [3.63, 3.8) is 0 Å². The number of amides is 1. The summed E-state index contributed by atoms with van der Waals surface area (Å²) in [6.45, 7) is 7.33. The molecule has 2 aromatic carbocycles. The van der Waals surface area contributed by atoms with Crippen LogP contribution in [0.1, 0.15) is 57.2 Å². The molecule has 0 bridgehead atoms. The lowest BCUT2D eigenvalue weighted by Gasteiger charge is -2.18. The number of ether oxygens (including phenoxy) is 2. The molecule has 0 spiro atoms. The minimum atomic E-state index is -0.152. The van der Waals surface area contributed by atoms with Gasteiger partial charge in [-0.05, 0) is 55.5 Å². The van der Waals surface area contributed by atoms with Gasteiger partial charge in [0.1, 0.15) is 5.75 Å². The van der Waals surface area contributed by atoms with Gasteiger partial charge in [0.2, 0.25) is 5.91 Å². The van der Waals surface area contributed by atoms with Crippen LogP contribution in [0.3, 0.4) is 0 Å². The summed E-state index contributed by atoms with van der Waals surface area (Å²) in [6, 6.07) is 12.7. The number of aromatic hydroxyl groups is 1. The number of carbonyl (C=O) groups is 1. The first-order chi connectivity index (χ1) is 13.5. The molecule has 0 fully saturated rings. The zero-order chi connectivity index (χ0) is 20.4.